The van der Waals surface area contributed by atoms with Crippen LogP contribution in [0.3, 0.4) is 0 Å². The first kappa shape index (κ1) is 15.5. The number of aliphatic hydroxyl groups excluding tert-OH is 1. The Hall–Kier alpha value is -0.560. The summed E-state index contributed by atoms with van der Waals surface area (Å²) in [6.45, 7) is 1.61. The molecule has 4 nitrogen and oxygen atoms in total. The van der Waals surface area contributed by atoms with E-state index in [1.807, 2.05) is 11.4 Å². The summed E-state index contributed by atoms with van der Waals surface area (Å²) in [7, 11) is 0. The lowest BCUT2D eigenvalue weighted by molar-refractivity contribution is -0.118. The highest BCUT2D eigenvalue weighted by molar-refractivity contribution is 7.99. The van der Waals surface area contributed by atoms with Gasteiger partial charge in [-0.3, -0.25) is 4.79 Å². The molecule has 1 amide bonds. The van der Waals surface area contributed by atoms with E-state index in [1.54, 1.807) is 23.1 Å². The Morgan fingerprint density at radius 1 is 1.50 bits per heavy atom. The van der Waals surface area contributed by atoms with Crippen molar-refractivity contribution in [2.75, 3.05) is 32.1 Å². The Morgan fingerprint density at radius 2 is 2.39 bits per heavy atom. The zero-order chi connectivity index (χ0) is 13.1. The van der Waals surface area contributed by atoms with E-state index in [4.69, 9.17) is 9.84 Å². The molecule has 6 heteroatoms. The largest absolute Gasteiger partial charge is 0.394 e. The summed E-state index contributed by atoms with van der Waals surface area (Å²) in [5.74, 6) is 1.46. The van der Waals surface area contributed by atoms with E-state index in [1.165, 1.54) is 4.88 Å². The van der Waals surface area contributed by atoms with Crippen molar-refractivity contribution in [3.63, 3.8) is 0 Å². The van der Waals surface area contributed by atoms with Gasteiger partial charge in [-0.25, -0.2) is 0 Å². The third-order valence-electron chi connectivity index (χ3n) is 2.08. The molecule has 0 atom stereocenters. The molecule has 2 N–H and O–H groups in total. The number of carbonyl (C=O) groups is 1. The number of hydrogen-bond acceptors (Lipinski definition) is 5. The van der Waals surface area contributed by atoms with Crippen LogP contribution in [-0.2, 0) is 15.3 Å². The maximum Gasteiger partial charge on any atom is 0.230 e. The first-order valence-electron chi connectivity index (χ1n) is 5.88. The minimum atomic E-state index is 0.0473. The van der Waals surface area contributed by atoms with Gasteiger partial charge < -0.3 is 15.2 Å². The van der Waals surface area contributed by atoms with Crippen molar-refractivity contribution in [1.82, 2.24) is 5.32 Å². The second kappa shape index (κ2) is 10.4. The molecule has 1 heterocycles. The maximum absolute atomic E-state index is 11.5. The maximum atomic E-state index is 11.5. The van der Waals surface area contributed by atoms with Crippen LogP contribution in [0.15, 0.2) is 17.5 Å². The molecular formula is C12H19NO3S2. The van der Waals surface area contributed by atoms with Crippen molar-refractivity contribution in [2.45, 2.75) is 12.2 Å². The van der Waals surface area contributed by atoms with Gasteiger partial charge in [0, 0.05) is 23.8 Å². The molecule has 102 valence electrons. The first-order chi connectivity index (χ1) is 8.83. The van der Waals surface area contributed by atoms with Gasteiger partial charge in [-0.15, -0.1) is 23.1 Å². The highest BCUT2D eigenvalue weighted by Crippen LogP contribution is 2.16. The second-order valence-corrected chi connectivity index (χ2v) is 5.63. The lowest BCUT2D eigenvalue weighted by atomic mass is 10.4. The molecule has 1 aromatic rings. The quantitative estimate of drug-likeness (QED) is 0.641. The number of ether oxygens (including phenoxy) is 1. The van der Waals surface area contributed by atoms with Crippen molar-refractivity contribution in [3.05, 3.63) is 22.4 Å². The van der Waals surface area contributed by atoms with Crippen molar-refractivity contribution in [3.8, 4) is 0 Å². The minimum Gasteiger partial charge on any atom is -0.394 e. The third kappa shape index (κ3) is 7.71. The highest BCUT2D eigenvalue weighted by atomic mass is 32.2. The Bertz CT molecular complexity index is 317. The molecule has 0 saturated carbocycles. The van der Waals surface area contributed by atoms with Gasteiger partial charge in [-0.1, -0.05) is 6.07 Å². The van der Waals surface area contributed by atoms with Gasteiger partial charge in [-0.05, 0) is 17.9 Å². The number of carbonyl (C=O) groups excluding carboxylic acids is 1. The molecule has 1 rings (SSSR count). The Labute approximate surface area is 116 Å². The SMILES string of the molecule is O=C(CSCc1cccs1)NCCCOCCO. The molecule has 0 aliphatic heterocycles. The molecule has 0 unspecified atom stereocenters. The molecule has 0 radical (unpaired) electrons. The predicted octanol–water partition coefficient (Wildman–Crippen LogP) is 1.50. The summed E-state index contributed by atoms with van der Waals surface area (Å²) in [6, 6.07) is 4.10. The lowest BCUT2D eigenvalue weighted by Crippen LogP contribution is -2.27. The Morgan fingerprint density at radius 3 is 3.11 bits per heavy atom. The van der Waals surface area contributed by atoms with E-state index in [9.17, 15) is 4.79 Å². The average molecular weight is 289 g/mol. The molecule has 0 aliphatic rings. The van der Waals surface area contributed by atoms with Crippen LogP contribution in [0, 0.1) is 0 Å². The van der Waals surface area contributed by atoms with Crippen LogP contribution in [-0.4, -0.2) is 43.1 Å². The van der Waals surface area contributed by atoms with E-state index in [0.717, 1.165) is 12.2 Å². The van der Waals surface area contributed by atoms with Crippen LogP contribution in [0.2, 0.25) is 0 Å². The molecule has 18 heavy (non-hydrogen) atoms. The van der Waals surface area contributed by atoms with E-state index in [-0.39, 0.29) is 12.5 Å². The minimum absolute atomic E-state index is 0.0473. The molecule has 0 saturated heterocycles. The normalized spacial score (nSPS) is 10.5. The number of aliphatic hydroxyl groups is 1. The summed E-state index contributed by atoms with van der Waals surface area (Å²) in [6.07, 6.45) is 0.779. The molecule has 1 aromatic heterocycles. The summed E-state index contributed by atoms with van der Waals surface area (Å²) in [5, 5.41) is 13.4. The van der Waals surface area contributed by atoms with Crippen molar-refractivity contribution < 1.29 is 14.6 Å². The Balaban J connectivity index is 1.91. The second-order valence-electron chi connectivity index (χ2n) is 3.61. The molecular weight excluding hydrogens is 270 g/mol. The lowest BCUT2D eigenvalue weighted by Gasteiger charge is -2.05. The first-order valence-corrected chi connectivity index (χ1v) is 7.92. The van der Waals surface area contributed by atoms with Gasteiger partial charge in [0.25, 0.3) is 0 Å². The summed E-state index contributed by atoms with van der Waals surface area (Å²) < 4.78 is 5.09. The topological polar surface area (TPSA) is 58.6 Å². The number of thioether (sulfide) groups is 1. The highest BCUT2D eigenvalue weighted by Gasteiger charge is 2.01. The molecule has 0 aromatic carbocycles. The van der Waals surface area contributed by atoms with E-state index in [0.29, 0.717) is 25.5 Å². The number of rotatable bonds is 10. The summed E-state index contributed by atoms with van der Waals surface area (Å²) in [4.78, 5) is 12.7. The predicted molar refractivity (Wildman–Crippen MR) is 76.0 cm³/mol. The van der Waals surface area contributed by atoms with Gasteiger partial charge in [0.15, 0.2) is 0 Å². The number of amides is 1. The third-order valence-corrected chi connectivity index (χ3v) is 4.12. The van der Waals surface area contributed by atoms with E-state index in [2.05, 4.69) is 11.4 Å². The van der Waals surface area contributed by atoms with Crippen molar-refractivity contribution >= 4 is 29.0 Å². The van der Waals surface area contributed by atoms with Gasteiger partial charge in [0.05, 0.1) is 19.0 Å². The van der Waals surface area contributed by atoms with Crippen molar-refractivity contribution in [2.24, 2.45) is 0 Å². The van der Waals surface area contributed by atoms with Crippen LogP contribution in [0.25, 0.3) is 0 Å². The molecule has 0 aliphatic carbocycles. The van der Waals surface area contributed by atoms with Crippen LogP contribution in [0.1, 0.15) is 11.3 Å². The van der Waals surface area contributed by atoms with E-state index < -0.39 is 0 Å². The molecule has 0 bridgehead atoms. The van der Waals surface area contributed by atoms with E-state index >= 15 is 0 Å². The average Bonchev–Trinajstić information content (AvgIpc) is 2.87. The fourth-order valence-electron chi connectivity index (χ4n) is 1.26. The Kier molecular flexibility index (Phi) is 8.93. The number of thiophene rings is 1. The summed E-state index contributed by atoms with van der Waals surface area (Å²) >= 11 is 3.34. The summed E-state index contributed by atoms with van der Waals surface area (Å²) in [5.41, 5.74) is 0. The van der Waals surface area contributed by atoms with Crippen LogP contribution < -0.4 is 5.32 Å². The number of nitrogens with one attached hydrogen (secondary N) is 1. The fourth-order valence-corrected chi connectivity index (χ4v) is 2.96. The standard InChI is InChI=1S/C12H19NO3S2/c14-5-7-16-6-2-4-13-12(15)10-17-9-11-3-1-8-18-11/h1,3,8,14H,2,4-7,9-10H2,(H,13,15). The zero-order valence-electron chi connectivity index (χ0n) is 10.3. The van der Waals surface area contributed by atoms with Crippen LogP contribution >= 0.6 is 23.1 Å². The van der Waals surface area contributed by atoms with Gasteiger partial charge in [0.1, 0.15) is 0 Å². The smallest absolute Gasteiger partial charge is 0.230 e. The monoisotopic (exact) mass is 289 g/mol. The number of hydrogen-bond donors (Lipinski definition) is 2. The van der Waals surface area contributed by atoms with Crippen molar-refractivity contribution in [1.29, 1.82) is 0 Å². The van der Waals surface area contributed by atoms with Crippen LogP contribution in [0.5, 0.6) is 0 Å². The zero-order valence-corrected chi connectivity index (χ0v) is 11.9. The molecule has 0 spiro atoms. The van der Waals surface area contributed by atoms with Gasteiger partial charge in [0.2, 0.25) is 5.91 Å². The van der Waals surface area contributed by atoms with Crippen LogP contribution in [0.4, 0.5) is 0 Å². The fraction of sp³-hybridized carbons (Fsp3) is 0.583. The van der Waals surface area contributed by atoms with Gasteiger partial charge >= 0.3 is 0 Å². The van der Waals surface area contributed by atoms with Gasteiger partial charge in [-0.2, -0.15) is 0 Å². The molecule has 0 fully saturated rings.